The Bertz CT molecular complexity index is 698. The van der Waals surface area contributed by atoms with E-state index in [0.717, 1.165) is 5.56 Å². The van der Waals surface area contributed by atoms with E-state index in [0.29, 0.717) is 29.4 Å². The molecule has 0 unspecified atom stereocenters. The monoisotopic (exact) mass is 389 g/mol. The maximum Gasteiger partial charge on any atom is 0.339 e. The number of rotatable bonds is 7. The lowest BCUT2D eigenvalue weighted by atomic mass is 10.1. The molecule has 1 N–H and O–H groups in total. The van der Waals surface area contributed by atoms with E-state index < -0.39 is 5.97 Å². The SMILES string of the molecule is Cc1ccc(CCC(=O)NCCOC(=O)c2ccccc2Br)cc1. The highest BCUT2D eigenvalue weighted by Crippen LogP contribution is 2.16. The van der Waals surface area contributed by atoms with Gasteiger partial charge in [-0.05, 0) is 47.0 Å². The van der Waals surface area contributed by atoms with Gasteiger partial charge in [-0.15, -0.1) is 0 Å². The van der Waals surface area contributed by atoms with Gasteiger partial charge in [0.1, 0.15) is 6.61 Å². The van der Waals surface area contributed by atoms with Crippen LogP contribution in [0.3, 0.4) is 0 Å². The second-order valence-electron chi connectivity index (χ2n) is 5.45. The first-order valence-corrected chi connectivity index (χ1v) is 8.59. The Kier molecular flexibility index (Phi) is 7.00. The lowest BCUT2D eigenvalue weighted by Gasteiger charge is -2.08. The zero-order valence-corrected chi connectivity index (χ0v) is 15.1. The molecule has 0 saturated carbocycles. The van der Waals surface area contributed by atoms with Crippen LogP contribution in [0.25, 0.3) is 0 Å². The maximum atomic E-state index is 11.9. The van der Waals surface area contributed by atoms with Gasteiger partial charge in [0.05, 0.1) is 12.1 Å². The molecule has 0 aliphatic rings. The van der Waals surface area contributed by atoms with Gasteiger partial charge >= 0.3 is 5.97 Å². The summed E-state index contributed by atoms with van der Waals surface area (Å²) >= 11 is 3.31. The van der Waals surface area contributed by atoms with E-state index in [1.165, 1.54) is 5.56 Å². The number of hydrogen-bond acceptors (Lipinski definition) is 3. The van der Waals surface area contributed by atoms with Crippen LogP contribution in [-0.2, 0) is 16.0 Å². The first kappa shape index (κ1) is 18.2. The fourth-order valence-electron chi connectivity index (χ4n) is 2.14. The van der Waals surface area contributed by atoms with E-state index in [9.17, 15) is 9.59 Å². The number of hydrogen-bond donors (Lipinski definition) is 1. The van der Waals surface area contributed by atoms with Crippen LogP contribution in [0.2, 0.25) is 0 Å². The zero-order valence-electron chi connectivity index (χ0n) is 13.5. The molecule has 0 aromatic heterocycles. The summed E-state index contributed by atoms with van der Waals surface area (Å²) in [5.74, 6) is -0.455. The molecule has 5 heteroatoms. The average molecular weight is 390 g/mol. The number of carbonyl (C=O) groups excluding carboxylic acids is 2. The molecule has 0 aliphatic heterocycles. The van der Waals surface area contributed by atoms with Crippen LogP contribution in [0.15, 0.2) is 53.0 Å². The van der Waals surface area contributed by atoms with Gasteiger partial charge in [-0.3, -0.25) is 4.79 Å². The van der Waals surface area contributed by atoms with E-state index in [-0.39, 0.29) is 12.5 Å². The van der Waals surface area contributed by atoms with Crippen molar-refractivity contribution in [2.75, 3.05) is 13.2 Å². The molecule has 2 rings (SSSR count). The molecule has 0 saturated heterocycles. The highest BCUT2D eigenvalue weighted by molar-refractivity contribution is 9.10. The molecule has 0 aliphatic carbocycles. The summed E-state index contributed by atoms with van der Waals surface area (Å²) in [6.45, 7) is 2.49. The minimum atomic E-state index is -0.406. The second kappa shape index (κ2) is 9.23. The first-order chi connectivity index (χ1) is 11.6. The lowest BCUT2D eigenvalue weighted by Crippen LogP contribution is -2.28. The summed E-state index contributed by atoms with van der Waals surface area (Å²) in [5.41, 5.74) is 2.81. The number of halogens is 1. The maximum absolute atomic E-state index is 11.9. The molecule has 2 aromatic carbocycles. The summed E-state index contributed by atoms with van der Waals surface area (Å²) in [7, 11) is 0. The number of amides is 1. The Morgan fingerprint density at radius 3 is 2.50 bits per heavy atom. The number of nitrogens with one attached hydrogen (secondary N) is 1. The summed E-state index contributed by atoms with van der Waals surface area (Å²) < 4.78 is 5.84. The molecular weight excluding hydrogens is 370 g/mol. The van der Waals surface area contributed by atoms with Gasteiger partial charge in [-0.1, -0.05) is 42.0 Å². The third kappa shape index (κ3) is 5.81. The first-order valence-electron chi connectivity index (χ1n) is 7.80. The highest BCUT2D eigenvalue weighted by Gasteiger charge is 2.10. The van der Waals surface area contributed by atoms with Crippen molar-refractivity contribution in [1.29, 1.82) is 0 Å². The van der Waals surface area contributed by atoms with Gasteiger partial charge < -0.3 is 10.1 Å². The van der Waals surface area contributed by atoms with E-state index >= 15 is 0 Å². The van der Waals surface area contributed by atoms with Crippen LogP contribution < -0.4 is 5.32 Å². The molecule has 2 aromatic rings. The Labute approximate surface area is 150 Å². The largest absolute Gasteiger partial charge is 0.460 e. The summed E-state index contributed by atoms with van der Waals surface area (Å²) in [6, 6.07) is 15.2. The van der Waals surface area contributed by atoms with E-state index in [2.05, 4.69) is 21.2 Å². The van der Waals surface area contributed by atoms with Crippen LogP contribution >= 0.6 is 15.9 Å². The molecule has 0 spiro atoms. The number of aryl methyl sites for hydroxylation is 2. The predicted octanol–water partition coefficient (Wildman–Crippen LogP) is 3.66. The Hall–Kier alpha value is -2.14. The van der Waals surface area contributed by atoms with Crippen molar-refractivity contribution in [2.45, 2.75) is 19.8 Å². The molecule has 0 atom stereocenters. The lowest BCUT2D eigenvalue weighted by molar-refractivity contribution is -0.121. The quantitative estimate of drug-likeness (QED) is 0.580. The predicted molar refractivity (Wildman–Crippen MR) is 96.9 cm³/mol. The van der Waals surface area contributed by atoms with Crippen molar-refractivity contribution < 1.29 is 14.3 Å². The third-order valence-corrected chi connectivity index (χ3v) is 4.20. The molecule has 0 radical (unpaired) electrons. The van der Waals surface area contributed by atoms with Crippen molar-refractivity contribution in [1.82, 2.24) is 5.32 Å². The highest BCUT2D eigenvalue weighted by atomic mass is 79.9. The summed E-state index contributed by atoms with van der Waals surface area (Å²) in [5, 5.41) is 2.76. The van der Waals surface area contributed by atoms with Gasteiger partial charge in [-0.2, -0.15) is 0 Å². The molecule has 0 fully saturated rings. The topological polar surface area (TPSA) is 55.4 Å². The second-order valence-corrected chi connectivity index (χ2v) is 6.31. The number of carbonyl (C=O) groups is 2. The van der Waals surface area contributed by atoms with Gasteiger partial charge in [-0.25, -0.2) is 4.79 Å². The minimum absolute atomic E-state index is 0.0486. The fourth-order valence-corrected chi connectivity index (χ4v) is 2.59. The van der Waals surface area contributed by atoms with Crippen LogP contribution in [0, 0.1) is 6.92 Å². The normalized spacial score (nSPS) is 10.2. The van der Waals surface area contributed by atoms with Gasteiger partial charge in [0.25, 0.3) is 0 Å². The molecule has 126 valence electrons. The van der Waals surface area contributed by atoms with Gasteiger partial charge in [0, 0.05) is 10.9 Å². The zero-order chi connectivity index (χ0) is 17.4. The van der Waals surface area contributed by atoms with Crippen LogP contribution in [-0.4, -0.2) is 25.0 Å². The fraction of sp³-hybridized carbons (Fsp3) is 0.263. The van der Waals surface area contributed by atoms with Crippen LogP contribution in [0.4, 0.5) is 0 Å². The molecule has 24 heavy (non-hydrogen) atoms. The minimum Gasteiger partial charge on any atom is -0.460 e. The number of esters is 1. The number of ether oxygens (including phenoxy) is 1. The van der Waals surface area contributed by atoms with E-state index in [1.807, 2.05) is 37.3 Å². The molecule has 1 amide bonds. The average Bonchev–Trinajstić information content (AvgIpc) is 2.58. The Morgan fingerprint density at radius 2 is 1.79 bits per heavy atom. The van der Waals surface area contributed by atoms with Gasteiger partial charge in [0.15, 0.2) is 0 Å². The van der Waals surface area contributed by atoms with E-state index in [1.54, 1.807) is 18.2 Å². The van der Waals surface area contributed by atoms with Crippen LogP contribution in [0.5, 0.6) is 0 Å². The molecular formula is C19H20BrNO3. The van der Waals surface area contributed by atoms with E-state index in [4.69, 9.17) is 4.74 Å². The summed E-state index contributed by atoms with van der Waals surface area (Å²) in [4.78, 5) is 23.7. The molecule has 4 nitrogen and oxygen atoms in total. The summed E-state index contributed by atoms with van der Waals surface area (Å²) in [6.07, 6.45) is 1.12. The van der Waals surface area contributed by atoms with Crippen molar-refractivity contribution in [3.63, 3.8) is 0 Å². The number of benzene rings is 2. The smallest absolute Gasteiger partial charge is 0.339 e. The molecule has 0 heterocycles. The van der Waals surface area contributed by atoms with Crippen molar-refractivity contribution >= 4 is 27.8 Å². The van der Waals surface area contributed by atoms with Crippen molar-refractivity contribution in [3.05, 3.63) is 69.7 Å². The van der Waals surface area contributed by atoms with Crippen LogP contribution in [0.1, 0.15) is 27.9 Å². The Balaban J connectivity index is 1.65. The molecule has 0 bridgehead atoms. The van der Waals surface area contributed by atoms with Crippen molar-refractivity contribution in [2.24, 2.45) is 0 Å². The standard InChI is InChI=1S/C19H20BrNO3/c1-14-6-8-15(9-7-14)10-11-18(22)21-12-13-24-19(23)16-4-2-3-5-17(16)20/h2-9H,10-13H2,1H3,(H,21,22). The van der Waals surface area contributed by atoms with Crippen molar-refractivity contribution in [3.8, 4) is 0 Å². The third-order valence-electron chi connectivity index (χ3n) is 3.51. The Morgan fingerprint density at radius 1 is 1.08 bits per heavy atom. The van der Waals surface area contributed by atoms with Gasteiger partial charge in [0.2, 0.25) is 5.91 Å².